The van der Waals surface area contributed by atoms with E-state index in [0.29, 0.717) is 11.4 Å². The van der Waals surface area contributed by atoms with E-state index in [1.807, 2.05) is 0 Å². The maximum absolute atomic E-state index is 10.7. The number of hydrogen-bond acceptors (Lipinski definition) is 3. The van der Waals surface area contributed by atoms with E-state index in [0.717, 1.165) is 5.06 Å². The number of benzene rings is 1. The molecule has 10 heavy (non-hydrogen) atoms. The van der Waals surface area contributed by atoms with Crippen molar-refractivity contribution < 1.29 is 0 Å². The third-order valence-electron chi connectivity index (χ3n) is 1.28. The van der Waals surface area contributed by atoms with E-state index in [1.54, 1.807) is 24.3 Å². The smallest absolute Gasteiger partial charge is 0.0543 e. The van der Waals surface area contributed by atoms with Gasteiger partial charge in [-0.05, 0) is 19.2 Å². The van der Waals surface area contributed by atoms with Crippen LogP contribution in [0.2, 0.25) is 0 Å². The van der Waals surface area contributed by atoms with Crippen molar-refractivity contribution in [2.75, 3.05) is 17.8 Å². The number of rotatable bonds is 1. The molecule has 0 saturated heterocycles. The van der Waals surface area contributed by atoms with Gasteiger partial charge in [-0.2, -0.15) is 0 Å². The highest BCUT2D eigenvalue weighted by atomic mass is 16.5. The predicted octanol–water partition coefficient (Wildman–Crippen LogP) is 1.20. The van der Waals surface area contributed by atoms with Gasteiger partial charge in [-0.25, -0.2) is 0 Å². The molecule has 0 aromatic heterocycles. The summed E-state index contributed by atoms with van der Waals surface area (Å²) in [6, 6.07) is 6.95. The number of hydrogen-bond donors (Lipinski definition) is 1. The zero-order valence-corrected chi connectivity index (χ0v) is 5.74. The van der Waals surface area contributed by atoms with Gasteiger partial charge in [0.25, 0.3) is 0 Å². The molecule has 0 atom stereocenters. The van der Waals surface area contributed by atoms with E-state index in [4.69, 9.17) is 5.73 Å². The Hall–Kier alpha value is -1.22. The Balaban J connectivity index is 3.03. The monoisotopic (exact) mass is 137 g/mol. The number of nitrogen functional groups attached to an aromatic ring is 1. The van der Waals surface area contributed by atoms with Crippen LogP contribution in [0.3, 0.4) is 0 Å². The minimum absolute atomic E-state index is 0.514. The highest BCUT2D eigenvalue weighted by Crippen LogP contribution is 2.19. The van der Waals surface area contributed by atoms with Crippen LogP contribution in [-0.2, 0) is 0 Å². The van der Waals surface area contributed by atoms with Gasteiger partial charge in [0.05, 0.1) is 5.69 Å². The van der Waals surface area contributed by atoms with Gasteiger partial charge in [0.1, 0.15) is 0 Å². The van der Waals surface area contributed by atoms with E-state index in [2.05, 4.69) is 0 Å². The first kappa shape index (κ1) is 6.89. The van der Waals surface area contributed by atoms with Gasteiger partial charge in [0.2, 0.25) is 0 Å². The molecule has 54 valence electrons. The molecular formula is C7H9N2O-. The first-order valence-electron chi connectivity index (χ1n) is 2.97. The third-order valence-corrected chi connectivity index (χ3v) is 1.28. The van der Waals surface area contributed by atoms with Crippen molar-refractivity contribution in [3.63, 3.8) is 0 Å². The lowest BCUT2D eigenvalue weighted by atomic mass is 10.3. The Morgan fingerprint density at radius 2 is 2.00 bits per heavy atom. The van der Waals surface area contributed by atoms with Crippen LogP contribution < -0.4 is 10.8 Å². The van der Waals surface area contributed by atoms with Gasteiger partial charge in [0, 0.05) is 5.69 Å². The number of nitrogens with zero attached hydrogens (tertiary/aromatic N) is 1. The lowest BCUT2D eigenvalue weighted by Crippen LogP contribution is -2.07. The van der Waals surface area contributed by atoms with Crippen molar-refractivity contribution in [1.82, 2.24) is 0 Å². The van der Waals surface area contributed by atoms with Crippen molar-refractivity contribution in [3.8, 4) is 0 Å². The normalized spacial score (nSPS) is 9.40. The molecule has 0 fully saturated rings. The minimum atomic E-state index is 0.514. The lowest BCUT2D eigenvalue weighted by Gasteiger charge is -2.25. The fraction of sp³-hybridized carbons (Fsp3) is 0.143. The van der Waals surface area contributed by atoms with Gasteiger partial charge < -0.3 is 16.0 Å². The number of para-hydroxylation sites is 2. The molecule has 0 amide bonds. The molecule has 0 aliphatic heterocycles. The summed E-state index contributed by atoms with van der Waals surface area (Å²) in [4.78, 5) is 0. The highest BCUT2D eigenvalue weighted by molar-refractivity contribution is 5.67. The second-order valence-electron chi connectivity index (χ2n) is 2.06. The summed E-state index contributed by atoms with van der Waals surface area (Å²) in [5.41, 5.74) is 6.51. The molecule has 0 radical (unpaired) electrons. The summed E-state index contributed by atoms with van der Waals surface area (Å²) < 4.78 is 0. The molecule has 3 heteroatoms. The van der Waals surface area contributed by atoms with Crippen LogP contribution in [0.25, 0.3) is 0 Å². The van der Waals surface area contributed by atoms with E-state index >= 15 is 0 Å². The van der Waals surface area contributed by atoms with E-state index < -0.39 is 0 Å². The molecule has 0 heterocycles. The molecule has 1 aromatic carbocycles. The Kier molecular flexibility index (Phi) is 1.78. The second kappa shape index (κ2) is 2.58. The summed E-state index contributed by atoms with van der Waals surface area (Å²) in [6.45, 7) is 0. The van der Waals surface area contributed by atoms with E-state index in [1.165, 1.54) is 7.05 Å². The zero-order chi connectivity index (χ0) is 7.56. The molecule has 0 unspecified atom stereocenters. The maximum Gasteiger partial charge on any atom is 0.0543 e. The first-order valence-corrected chi connectivity index (χ1v) is 2.97. The molecule has 0 bridgehead atoms. The molecule has 0 saturated carbocycles. The van der Waals surface area contributed by atoms with Gasteiger partial charge in [-0.3, -0.25) is 0 Å². The Morgan fingerprint density at radius 3 is 2.40 bits per heavy atom. The predicted molar refractivity (Wildman–Crippen MR) is 42.6 cm³/mol. The van der Waals surface area contributed by atoms with Gasteiger partial charge in [-0.1, -0.05) is 12.1 Å². The fourth-order valence-corrected chi connectivity index (χ4v) is 0.774. The van der Waals surface area contributed by atoms with Crippen LogP contribution in [0.15, 0.2) is 24.3 Å². The van der Waals surface area contributed by atoms with Crippen LogP contribution in [0.4, 0.5) is 11.4 Å². The van der Waals surface area contributed by atoms with Crippen molar-refractivity contribution >= 4 is 11.4 Å². The van der Waals surface area contributed by atoms with Gasteiger partial charge in [-0.15, -0.1) is 0 Å². The van der Waals surface area contributed by atoms with Gasteiger partial charge >= 0.3 is 0 Å². The number of hydroxylamine groups is 1. The van der Waals surface area contributed by atoms with Crippen LogP contribution in [0, 0.1) is 5.21 Å². The molecular weight excluding hydrogens is 128 g/mol. The summed E-state index contributed by atoms with van der Waals surface area (Å²) in [7, 11) is 1.42. The molecule has 0 spiro atoms. The Bertz CT molecular complexity index is 223. The second-order valence-corrected chi connectivity index (χ2v) is 2.06. The topological polar surface area (TPSA) is 52.3 Å². The lowest BCUT2D eigenvalue weighted by molar-refractivity contribution is 1.22. The van der Waals surface area contributed by atoms with Crippen LogP contribution in [0.1, 0.15) is 0 Å². The standard InChI is InChI=1S/C7H9N2O/c1-9(10)7-5-3-2-4-6(7)8/h2-5H,8H2,1H3/q-1. The van der Waals surface area contributed by atoms with Crippen molar-refractivity contribution in [2.24, 2.45) is 0 Å². The quantitative estimate of drug-likeness (QED) is 0.467. The van der Waals surface area contributed by atoms with E-state index in [9.17, 15) is 5.21 Å². The third kappa shape index (κ3) is 1.19. The summed E-state index contributed by atoms with van der Waals surface area (Å²) in [6.07, 6.45) is 0. The maximum atomic E-state index is 10.7. The summed E-state index contributed by atoms with van der Waals surface area (Å²) in [5.74, 6) is 0. The van der Waals surface area contributed by atoms with Crippen LogP contribution in [-0.4, -0.2) is 7.05 Å². The Labute approximate surface area is 59.6 Å². The first-order chi connectivity index (χ1) is 4.72. The van der Waals surface area contributed by atoms with Gasteiger partial charge in [0.15, 0.2) is 0 Å². The molecule has 1 rings (SSSR count). The largest absolute Gasteiger partial charge is 0.758 e. The van der Waals surface area contributed by atoms with Crippen LogP contribution in [0.5, 0.6) is 0 Å². The van der Waals surface area contributed by atoms with E-state index in [-0.39, 0.29) is 0 Å². The molecule has 3 nitrogen and oxygen atoms in total. The number of anilines is 2. The Morgan fingerprint density at radius 1 is 1.40 bits per heavy atom. The average molecular weight is 137 g/mol. The number of nitrogens with two attached hydrogens (primary N) is 1. The minimum Gasteiger partial charge on any atom is -0.758 e. The van der Waals surface area contributed by atoms with Crippen molar-refractivity contribution in [3.05, 3.63) is 29.5 Å². The molecule has 0 aliphatic carbocycles. The zero-order valence-electron chi connectivity index (χ0n) is 5.74. The molecule has 1 aromatic rings. The van der Waals surface area contributed by atoms with Crippen molar-refractivity contribution in [2.45, 2.75) is 0 Å². The fourth-order valence-electron chi connectivity index (χ4n) is 0.774. The summed E-state index contributed by atoms with van der Waals surface area (Å²) in [5, 5.41) is 11.4. The van der Waals surface area contributed by atoms with Crippen molar-refractivity contribution in [1.29, 1.82) is 0 Å². The average Bonchev–Trinajstić information content (AvgIpc) is 1.88. The molecule has 2 N–H and O–H groups in total. The summed E-state index contributed by atoms with van der Waals surface area (Å²) >= 11 is 0. The molecule has 0 aliphatic rings. The SMILES string of the molecule is CN([O-])c1ccccc1N. The van der Waals surface area contributed by atoms with Crippen LogP contribution >= 0.6 is 0 Å². The highest BCUT2D eigenvalue weighted by Gasteiger charge is 1.92.